The summed E-state index contributed by atoms with van der Waals surface area (Å²) in [5.41, 5.74) is 5.18. The van der Waals surface area contributed by atoms with E-state index >= 15 is 0 Å². The van der Waals surface area contributed by atoms with Crippen LogP contribution in [-0.2, 0) is 0 Å². The van der Waals surface area contributed by atoms with Crippen LogP contribution in [-0.4, -0.2) is 22.5 Å². The summed E-state index contributed by atoms with van der Waals surface area (Å²) in [5.74, 6) is -0.0664. The molecule has 76 valence electrons. The number of hydrogen-bond donors (Lipinski definition) is 1. The number of carbonyl (C=O) groups is 1. The van der Waals surface area contributed by atoms with Crippen molar-refractivity contribution in [3.8, 4) is 5.88 Å². The van der Waals surface area contributed by atoms with E-state index in [0.29, 0.717) is 12.5 Å². The van der Waals surface area contributed by atoms with Crippen molar-refractivity contribution in [1.82, 2.24) is 9.97 Å². The molecule has 0 saturated heterocycles. The number of amides is 1. The third-order valence-corrected chi connectivity index (χ3v) is 1.45. The first-order valence-corrected chi connectivity index (χ1v) is 4.35. The smallest absolute Gasteiger partial charge is 0.272 e. The Labute approximate surface area is 82.3 Å². The van der Waals surface area contributed by atoms with Crippen molar-refractivity contribution in [2.45, 2.75) is 13.8 Å². The number of rotatable bonds is 4. The van der Waals surface area contributed by atoms with Gasteiger partial charge in [-0.05, 0) is 5.92 Å². The lowest BCUT2D eigenvalue weighted by atomic mass is 10.2. The summed E-state index contributed by atoms with van der Waals surface area (Å²) < 4.78 is 5.29. The second-order valence-electron chi connectivity index (χ2n) is 3.28. The minimum absolute atomic E-state index is 0.0770. The van der Waals surface area contributed by atoms with E-state index < -0.39 is 5.91 Å². The van der Waals surface area contributed by atoms with Gasteiger partial charge in [0.2, 0.25) is 5.88 Å². The Morgan fingerprint density at radius 3 is 2.71 bits per heavy atom. The molecule has 0 saturated carbocycles. The first-order valence-electron chi connectivity index (χ1n) is 4.35. The minimum atomic E-state index is -0.628. The molecule has 0 atom stereocenters. The molecule has 0 spiro atoms. The largest absolute Gasteiger partial charge is 0.476 e. The highest BCUT2D eigenvalue weighted by Crippen LogP contribution is 2.11. The highest BCUT2D eigenvalue weighted by atomic mass is 16.5. The van der Waals surface area contributed by atoms with Gasteiger partial charge in [0.15, 0.2) is 5.69 Å². The second kappa shape index (κ2) is 4.55. The molecule has 0 aliphatic heterocycles. The highest BCUT2D eigenvalue weighted by Gasteiger charge is 2.11. The number of aromatic nitrogens is 2. The lowest BCUT2D eigenvalue weighted by Gasteiger charge is -2.08. The molecule has 0 bridgehead atoms. The monoisotopic (exact) mass is 195 g/mol. The summed E-state index contributed by atoms with van der Waals surface area (Å²) in [7, 11) is 0. The van der Waals surface area contributed by atoms with E-state index in [-0.39, 0.29) is 11.6 Å². The summed E-state index contributed by atoms with van der Waals surface area (Å²) in [6.45, 7) is 4.49. The van der Waals surface area contributed by atoms with Gasteiger partial charge in [0, 0.05) is 12.4 Å². The Balaban J connectivity index is 2.79. The standard InChI is InChI=1S/C9H13N3O2/c1-6(2)5-14-9-7(8(10)13)11-3-4-12-9/h3-4,6H,5H2,1-2H3,(H2,10,13). The fourth-order valence-electron chi connectivity index (χ4n) is 0.846. The molecule has 1 aromatic rings. The van der Waals surface area contributed by atoms with Crippen LogP contribution in [0.5, 0.6) is 5.88 Å². The molecule has 1 rings (SSSR count). The van der Waals surface area contributed by atoms with Crippen LogP contribution in [0.4, 0.5) is 0 Å². The predicted molar refractivity (Wildman–Crippen MR) is 50.9 cm³/mol. The molecule has 0 aliphatic rings. The Morgan fingerprint density at radius 2 is 2.14 bits per heavy atom. The van der Waals surface area contributed by atoms with Crippen molar-refractivity contribution in [3.63, 3.8) is 0 Å². The van der Waals surface area contributed by atoms with Crippen LogP contribution >= 0.6 is 0 Å². The van der Waals surface area contributed by atoms with E-state index in [4.69, 9.17) is 10.5 Å². The van der Waals surface area contributed by atoms with Crippen LogP contribution in [0.25, 0.3) is 0 Å². The molecule has 0 aliphatic carbocycles. The van der Waals surface area contributed by atoms with Crippen molar-refractivity contribution >= 4 is 5.91 Å². The summed E-state index contributed by atoms with van der Waals surface area (Å²) in [6, 6.07) is 0. The normalized spacial score (nSPS) is 10.2. The zero-order chi connectivity index (χ0) is 10.6. The molecule has 1 aromatic heterocycles. The zero-order valence-electron chi connectivity index (χ0n) is 8.23. The first kappa shape index (κ1) is 10.4. The zero-order valence-corrected chi connectivity index (χ0v) is 8.23. The van der Waals surface area contributed by atoms with Crippen molar-refractivity contribution in [1.29, 1.82) is 0 Å². The fraction of sp³-hybridized carbons (Fsp3) is 0.444. The minimum Gasteiger partial charge on any atom is -0.476 e. The number of nitrogens with zero attached hydrogens (tertiary/aromatic N) is 2. The third kappa shape index (κ3) is 2.69. The third-order valence-electron chi connectivity index (χ3n) is 1.45. The molecule has 1 heterocycles. The summed E-state index contributed by atoms with van der Waals surface area (Å²) >= 11 is 0. The summed E-state index contributed by atoms with van der Waals surface area (Å²) in [4.78, 5) is 18.6. The van der Waals surface area contributed by atoms with Crippen LogP contribution in [0, 0.1) is 5.92 Å². The van der Waals surface area contributed by atoms with Gasteiger partial charge in [-0.2, -0.15) is 0 Å². The summed E-state index contributed by atoms with van der Waals surface area (Å²) in [5, 5.41) is 0. The fourth-order valence-corrected chi connectivity index (χ4v) is 0.846. The first-order chi connectivity index (χ1) is 6.61. The van der Waals surface area contributed by atoms with E-state index in [9.17, 15) is 4.79 Å². The van der Waals surface area contributed by atoms with Gasteiger partial charge in [-0.3, -0.25) is 4.79 Å². The maximum atomic E-state index is 10.9. The van der Waals surface area contributed by atoms with Crippen LogP contribution in [0.2, 0.25) is 0 Å². The van der Waals surface area contributed by atoms with Gasteiger partial charge in [0.05, 0.1) is 6.61 Å². The van der Waals surface area contributed by atoms with E-state index in [2.05, 4.69) is 9.97 Å². The lowest BCUT2D eigenvalue weighted by molar-refractivity contribution is 0.0989. The van der Waals surface area contributed by atoms with E-state index in [0.717, 1.165) is 0 Å². The molecule has 14 heavy (non-hydrogen) atoms. The van der Waals surface area contributed by atoms with Gasteiger partial charge in [-0.15, -0.1) is 0 Å². The molecular formula is C9H13N3O2. The average molecular weight is 195 g/mol. The Hall–Kier alpha value is -1.65. The number of primary amides is 1. The topological polar surface area (TPSA) is 78.1 Å². The van der Waals surface area contributed by atoms with E-state index in [1.54, 1.807) is 0 Å². The van der Waals surface area contributed by atoms with Crippen molar-refractivity contribution in [2.75, 3.05) is 6.61 Å². The second-order valence-corrected chi connectivity index (χ2v) is 3.28. The molecule has 0 unspecified atom stereocenters. The van der Waals surface area contributed by atoms with Crippen molar-refractivity contribution in [3.05, 3.63) is 18.1 Å². The van der Waals surface area contributed by atoms with E-state index in [1.165, 1.54) is 12.4 Å². The molecule has 2 N–H and O–H groups in total. The van der Waals surface area contributed by atoms with Crippen LogP contribution in [0.15, 0.2) is 12.4 Å². The van der Waals surface area contributed by atoms with Gasteiger partial charge in [0.1, 0.15) is 0 Å². The average Bonchev–Trinajstić information content (AvgIpc) is 2.15. The van der Waals surface area contributed by atoms with Gasteiger partial charge in [0.25, 0.3) is 5.91 Å². The van der Waals surface area contributed by atoms with Crippen LogP contribution in [0.3, 0.4) is 0 Å². The van der Waals surface area contributed by atoms with E-state index in [1.807, 2.05) is 13.8 Å². The predicted octanol–water partition coefficient (Wildman–Crippen LogP) is 0.610. The van der Waals surface area contributed by atoms with Crippen LogP contribution in [0.1, 0.15) is 24.3 Å². The molecule has 0 fully saturated rings. The molecule has 1 amide bonds. The molecule has 5 heteroatoms. The van der Waals surface area contributed by atoms with Gasteiger partial charge >= 0.3 is 0 Å². The van der Waals surface area contributed by atoms with Gasteiger partial charge < -0.3 is 10.5 Å². The quantitative estimate of drug-likeness (QED) is 0.763. The van der Waals surface area contributed by atoms with Crippen molar-refractivity contribution < 1.29 is 9.53 Å². The number of nitrogens with two attached hydrogens (primary N) is 1. The number of carbonyl (C=O) groups excluding carboxylic acids is 1. The SMILES string of the molecule is CC(C)COc1nccnc1C(N)=O. The lowest BCUT2D eigenvalue weighted by Crippen LogP contribution is -2.17. The highest BCUT2D eigenvalue weighted by molar-refractivity contribution is 5.92. The molecular weight excluding hydrogens is 182 g/mol. The van der Waals surface area contributed by atoms with Crippen molar-refractivity contribution in [2.24, 2.45) is 11.7 Å². The Bertz CT molecular complexity index is 326. The van der Waals surface area contributed by atoms with Crippen LogP contribution < -0.4 is 10.5 Å². The number of hydrogen-bond acceptors (Lipinski definition) is 4. The van der Waals surface area contributed by atoms with Gasteiger partial charge in [-0.25, -0.2) is 9.97 Å². The molecule has 5 nitrogen and oxygen atoms in total. The molecule has 0 aromatic carbocycles. The maximum Gasteiger partial charge on any atom is 0.272 e. The maximum absolute atomic E-state index is 10.9. The van der Waals surface area contributed by atoms with Gasteiger partial charge in [-0.1, -0.05) is 13.8 Å². The Kier molecular flexibility index (Phi) is 3.39. The Morgan fingerprint density at radius 1 is 1.50 bits per heavy atom. The molecule has 0 radical (unpaired) electrons. The summed E-state index contributed by atoms with van der Waals surface area (Å²) in [6.07, 6.45) is 2.87. The number of ether oxygens (including phenoxy) is 1.